The summed E-state index contributed by atoms with van der Waals surface area (Å²) in [5.74, 6) is 0.815. The van der Waals surface area contributed by atoms with Gasteiger partial charge in [0.05, 0.1) is 33.9 Å². The van der Waals surface area contributed by atoms with Gasteiger partial charge in [-0.15, -0.1) is 0 Å². The van der Waals surface area contributed by atoms with Gasteiger partial charge in [0.25, 0.3) is 0 Å². The number of hydrogen-bond donors (Lipinski definition) is 0. The van der Waals surface area contributed by atoms with Gasteiger partial charge in [0.2, 0.25) is 0 Å². The number of carbonyl (C=O) groups excluding carboxylic acids is 1. The average Bonchev–Trinajstić information content (AvgIpc) is 2.84. The molecule has 0 unspecified atom stereocenters. The molecule has 0 saturated carbocycles. The third kappa shape index (κ3) is 14.0. The molecule has 0 radical (unpaired) electrons. The molecule has 35 heavy (non-hydrogen) atoms. The average molecular weight is 483 g/mol. The first kappa shape index (κ1) is 28.9. The monoisotopic (exact) mass is 482 g/mol. The van der Waals surface area contributed by atoms with Crippen molar-refractivity contribution in [1.29, 1.82) is 0 Å². The summed E-state index contributed by atoms with van der Waals surface area (Å²) in [4.78, 5) is 12.1. The van der Waals surface area contributed by atoms with Crippen molar-refractivity contribution in [3.8, 4) is 5.75 Å². The predicted octanol–water partition coefficient (Wildman–Crippen LogP) is 7.35. The first-order valence-corrected chi connectivity index (χ1v) is 13.7. The second-order valence-corrected chi connectivity index (χ2v) is 10.3. The fourth-order valence-corrected chi connectivity index (χ4v) is 4.37. The predicted molar refractivity (Wildman–Crippen MR) is 146 cm³/mol. The molecule has 0 aliphatic heterocycles. The number of esters is 1. The minimum Gasteiger partial charge on any atom is -0.493 e. The summed E-state index contributed by atoms with van der Waals surface area (Å²) in [6.45, 7) is 5.30. The van der Waals surface area contributed by atoms with E-state index >= 15 is 0 Å². The normalized spacial score (nSPS) is 11.4. The van der Waals surface area contributed by atoms with Crippen molar-refractivity contribution in [1.82, 2.24) is 0 Å². The van der Waals surface area contributed by atoms with Gasteiger partial charge in [0.15, 0.2) is 0 Å². The van der Waals surface area contributed by atoms with Gasteiger partial charge in [0.1, 0.15) is 12.3 Å². The van der Waals surface area contributed by atoms with Gasteiger partial charge < -0.3 is 14.0 Å². The van der Waals surface area contributed by atoms with Crippen LogP contribution in [0.4, 0.5) is 0 Å². The maximum Gasteiger partial charge on any atom is 0.305 e. The van der Waals surface area contributed by atoms with Crippen molar-refractivity contribution in [3.63, 3.8) is 0 Å². The molecule has 0 amide bonds. The Kier molecular flexibility index (Phi) is 14.2. The molecule has 0 fully saturated rings. The molecular formula is C31H48NO3+. The molecule has 2 rings (SSSR count). The molecule has 0 saturated heterocycles. The molecule has 4 nitrogen and oxygen atoms in total. The van der Waals surface area contributed by atoms with Crippen molar-refractivity contribution in [3.05, 3.63) is 65.7 Å². The molecule has 194 valence electrons. The lowest BCUT2D eigenvalue weighted by Gasteiger charge is -2.30. The van der Waals surface area contributed by atoms with Gasteiger partial charge in [-0.05, 0) is 43.4 Å². The Bertz CT molecular complexity index is 819. The van der Waals surface area contributed by atoms with E-state index in [0.29, 0.717) is 26.1 Å². The van der Waals surface area contributed by atoms with E-state index in [-0.39, 0.29) is 5.97 Å². The topological polar surface area (TPSA) is 35.5 Å². The van der Waals surface area contributed by atoms with E-state index in [0.717, 1.165) is 42.6 Å². The second kappa shape index (κ2) is 17.2. The lowest BCUT2D eigenvalue weighted by molar-refractivity contribution is -0.903. The summed E-state index contributed by atoms with van der Waals surface area (Å²) in [7, 11) is 4.49. The highest BCUT2D eigenvalue weighted by Crippen LogP contribution is 2.17. The Morgan fingerprint density at radius 3 is 2.31 bits per heavy atom. The molecule has 0 N–H and O–H groups in total. The quantitative estimate of drug-likeness (QED) is 0.119. The standard InChI is InChI=1S/C31H48NO3/c1-4-5-6-7-8-10-17-28-20-15-21-30(26-28)34-24-16-25-35-31(33)22-13-14-23-32(2,3)27-29-18-11-9-12-19-29/h9,11-12,15,18-21,26H,4-8,10,13-14,16-17,22-25,27H2,1-3H3/q+1. The maximum absolute atomic E-state index is 12.1. The zero-order valence-electron chi connectivity index (χ0n) is 22.5. The summed E-state index contributed by atoms with van der Waals surface area (Å²) in [5, 5.41) is 0. The molecule has 2 aromatic carbocycles. The highest BCUT2D eigenvalue weighted by molar-refractivity contribution is 5.69. The maximum atomic E-state index is 12.1. The lowest BCUT2D eigenvalue weighted by Crippen LogP contribution is -2.39. The van der Waals surface area contributed by atoms with Crippen LogP contribution in [0.25, 0.3) is 0 Å². The van der Waals surface area contributed by atoms with Crippen molar-refractivity contribution < 1.29 is 18.8 Å². The summed E-state index contributed by atoms with van der Waals surface area (Å²) < 4.78 is 12.2. The van der Waals surface area contributed by atoms with Gasteiger partial charge in [-0.25, -0.2) is 0 Å². The van der Waals surface area contributed by atoms with Crippen LogP contribution in [-0.4, -0.2) is 44.3 Å². The number of nitrogens with zero attached hydrogens (tertiary/aromatic N) is 1. The molecule has 2 aromatic rings. The van der Waals surface area contributed by atoms with Crippen molar-refractivity contribution >= 4 is 5.97 Å². The third-order valence-electron chi connectivity index (χ3n) is 6.39. The van der Waals surface area contributed by atoms with Crippen LogP contribution in [0.2, 0.25) is 0 Å². The molecular weight excluding hydrogens is 434 g/mol. The van der Waals surface area contributed by atoms with Crippen molar-refractivity contribution in [2.24, 2.45) is 0 Å². The number of benzene rings is 2. The van der Waals surface area contributed by atoms with Crippen LogP contribution in [-0.2, 0) is 22.5 Å². The Balaban J connectivity index is 1.50. The third-order valence-corrected chi connectivity index (χ3v) is 6.39. The summed E-state index contributed by atoms with van der Waals surface area (Å²) in [5.41, 5.74) is 2.69. The van der Waals surface area contributed by atoms with Crippen LogP contribution in [0.5, 0.6) is 5.75 Å². The Morgan fingerprint density at radius 2 is 1.51 bits per heavy atom. The number of ether oxygens (including phenoxy) is 2. The van der Waals surface area contributed by atoms with Crippen LogP contribution < -0.4 is 4.74 Å². The smallest absolute Gasteiger partial charge is 0.305 e. The van der Waals surface area contributed by atoms with Gasteiger partial charge in [-0.1, -0.05) is 81.5 Å². The first-order chi connectivity index (χ1) is 17.0. The number of rotatable bonds is 19. The molecule has 0 aliphatic carbocycles. The highest BCUT2D eigenvalue weighted by atomic mass is 16.5. The number of carbonyl (C=O) groups is 1. The van der Waals surface area contributed by atoms with Crippen molar-refractivity contribution in [2.45, 2.75) is 84.1 Å². The van der Waals surface area contributed by atoms with E-state index in [1.165, 1.54) is 49.7 Å². The molecule has 0 aliphatic rings. The van der Waals surface area contributed by atoms with Crippen LogP contribution >= 0.6 is 0 Å². The van der Waals surface area contributed by atoms with Gasteiger partial charge in [-0.2, -0.15) is 0 Å². The zero-order valence-corrected chi connectivity index (χ0v) is 22.5. The van der Waals surface area contributed by atoms with Crippen LogP contribution in [0.15, 0.2) is 54.6 Å². The number of hydrogen-bond acceptors (Lipinski definition) is 3. The SMILES string of the molecule is CCCCCCCCc1cccc(OCCCOC(=O)CCCC[N+](C)(C)Cc2ccccc2)c1. The van der Waals surface area contributed by atoms with Gasteiger partial charge in [-0.3, -0.25) is 4.79 Å². The van der Waals surface area contributed by atoms with Crippen LogP contribution in [0.3, 0.4) is 0 Å². The highest BCUT2D eigenvalue weighted by Gasteiger charge is 2.15. The first-order valence-electron chi connectivity index (χ1n) is 13.7. The van der Waals surface area contributed by atoms with E-state index < -0.39 is 0 Å². The molecule has 4 heteroatoms. The van der Waals surface area contributed by atoms with Crippen molar-refractivity contribution in [2.75, 3.05) is 33.9 Å². The molecule has 0 bridgehead atoms. The van der Waals surface area contributed by atoms with E-state index in [1.807, 2.05) is 6.07 Å². The summed E-state index contributed by atoms with van der Waals surface area (Å²) in [6, 6.07) is 19.0. The minimum atomic E-state index is -0.0979. The number of quaternary nitrogens is 1. The Labute approximate surface area is 214 Å². The van der Waals surface area contributed by atoms with E-state index in [4.69, 9.17) is 9.47 Å². The van der Waals surface area contributed by atoms with E-state index in [2.05, 4.69) is 69.6 Å². The summed E-state index contributed by atoms with van der Waals surface area (Å²) in [6.07, 6.45) is 12.1. The van der Waals surface area contributed by atoms with E-state index in [1.54, 1.807) is 0 Å². The fourth-order valence-electron chi connectivity index (χ4n) is 4.37. The Morgan fingerprint density at radius 1 is 0.771 bits per heavy atom. The van der Waals surface area contributed by atoms with Gasteiger partial charge >= 0.3 is 5.97 Å². The molecule has 0 atom stereocenters. The van der Waals surface area contributed by atoms with Crippen LogP contribution in [0, 0.1) is 0 Å². The molecule has 0 heterocycles. The summed E-state index contributed by atoms with van der Waals surface area (Å²) >= 11 is 0. The van der Waals surface area contributed by atoms with Gasteiger partial charge in [0, 0.05) is 18.4 Å². The second-order valence-electron chi connectivity index (χ2n) is 10.3. The van der Waals surface area contributed by atoms with Crippen LogP contribution in [0.1, 0.15) is 82.3 Å². The largest absolute Gasteiger partial charge is 0.493 e. The Hall–Kier alpha value is -2.33. The number of unbranched alkanes of at least 4 members (excludes halogenated alkanes) is 6. The minimum absolute atomic E-state index is 0.0979. The molecule has 0 spiro atoms. The number of aryl methyl sites for hydroxylation is 1. The van der Waals surface area contributed by atoms with E-state index in [9.17, 15) is 4.79 Å². The fraction of sp³-hybridized carbons (Fsp3) is 0.581. The zero-order chi connectivity index (χ0) is 25.2. The lowest BCUT2D eigenvalue weighted by atomic mass is 10.0. The molecule has 0 aromatic heterocycles.